The molecule has 0 saturated carbocycles. The number of fused-ring (bicyclic) bond motifs is 1. The van der Waals surface area contributed by atoms with Gasteiger partial charge in [-0.1, -0.05) is 60.7 Å². The van der Waals surface area contributed by atoms with Crippen LogP contribution in [0.5, 0.6) is 0 Å². The van der Waals surface area contributed by atoms with Crippen LogP contribution in [0.1, 0.15) is 40.7 Å². The van der Waals surface area contributed by atoms with E-state index < -0.39 is 0 Å². The van der Waals surface area contributed by atoms with Gasteiger partial charge in [0.15, 0.2) is 11.5 Å². The van der Waals surface area contributed by atoms with Crippen LogP contribution in [0.4, 0.5) is 0 Å². The smallest absolute Gasteiger partial charge is 0.251 e. The molecule has 4 rings (SSSR count). The second-order valence-corrected chi connectivity index (χ2v) is 7.35. The molecule has 0 radical (unpaired) electrons. The zero-order chi connectivity index (χ0) is 20.1. The summed E-state index contributed by atoms with van der Waals surface area (Å²) in [5, 5.41) is 3.08. The van der Waals surface area contributed by atoms with E-state index in [2.05, 4.69) is 22.4 Å². The van der Waals surface area contributed by atoms with Crippen LogP contribution >= 0.6 is 0 Å². The number of nitrogens with zero attached hydrogens (tertiary/aromatic N) is 1. The zero-order valence-corrected chi connectivity index (χ0v) is 16.5. The molecule has 1 atom stereocenters. The summed E-state index contributed by atoms with van der Waals surface area (Å²) in [5.41, 5.74) is 4.42. The topological polar surface area (TPSA) is 55.1 Å². The first kappa shape index (κ1) is 18.9. The maximum atomic E-state index is 12.6. The minimum atomic E-state index is -0.0894. The Morgan fingerprint density at radius 3 is 2.38 bits per heavy atom. The number of carbonyl (C=O) groups is 1. The highest BCUT2D eigenvalue weighted by atomic mass is 16.3. The number of rotatable bonds is 7. The van der Waals surface area contributed by atoms with E-state index in [9.17, 15) is 4.79 Å². The molecule has 0 bridgehead atoms. The molecule has 0 aliphatic carbocycles. The Morgan fingerprint density at radius 1 is 0.966 bits per heavy atom. The molecule has 4 aromatic rings. The van der Waals surface area contributed by atoms with E-state index in [-0.39, 0.29) is 11.9 Å². The summed E-state index contributed by atoms with van der Waals surface area (Å²) in [5.74, 6) is 0.563. The number of aryl methyl sites for hydroxylation is 1. The molecule has 146 valence electrons. The number of benzene rings is 3. The average molecular weight is 384 g/mol. The fraction of sp³-hybridized carbons (Fsp3) is 0.200. The lowest BCUT2D eigenvalue weighted by Crippen LogP contribution is -2.32. The van der Waals surface area contributed by atoms with E-state index in [1.807, 2.05) is 61.5 Å². The van der Waals surface area contributed by atoms with E-state index in [1.54, 1.807) is 12.1 Å². The van der Waals surface area contributed by atoms with Crippen molar-refractivity contribution in [2.75, 3.05) is 0 Å². The second kappa shape index (κ2) is 8.74. The van der Waals surface area contributed by atoms with Gasteiger partial charge in [0.25, 0.3) is 5.91 Å². The Bertz CT molecular complexity index is 1090. The summed E-state index contributed by atoms with van der Waals surface area (Å²) in [6, 6.07) is 25.9. The van der Waals surface area contributed by atoms with Gasteiger partial charge in [0, 0.05) is 18.0 Å². The number of aromatic nitrogens is 1. The van der Waals surface area contributed by atoms with Gasteiger partial charge in [-0.15, -0.1) is 0 Å². The van der Waals surface area contributed by atoms with Crippen molar-refractivity contribution in [3.63, 3.8) is 0 Å². The van der Waals surface area contributed by atoms with Crippen molar-refractivity contribution in [2.24, 2.45) is 0 Å². The van der Waals surface area contributed by atoms with Crippen LogP contribution < -0.4 is 5.32 Å². The Kier molecular flexibility index (Phi) is 5.71. The first-order chi connectivity index (χ1) is 14.2. The molecule has 0 unspecified atom stereocenters. The lowest BCUT2D eigenvalue weighted by atomic mass is 10.1. The van der Waals surface area contributed by atoms with Gasteiger partial charge in [0.05, 0.1) is 0 Å². The van der Waals surface area contributed by atoms with Crippen LogP contribution in [0, 0.1) is 0 Å². The molecule has 1 aromatic heterocycles. The molecule has 3 aromatic carbocycles. The highest BCUT2D eigenvalue weighted by Gasteiger charge is 2.13. The number of amides is 1. The normalized spacial score (nSPS) is 12.0. The molecule has 0 aliphatic rings. The molecule has 0 saturated heterocycles. The predicted octanol–water partition coefficient (Wildman–Crippen LogP) is 5.17. The SMILES string of the molecule is C[C@H](CCc1ccccc1)NC(=O)c1ccc2nc(Cc3ccccc3)oc2c1. The van der Waals surface area contributed by atoms with Crippen molar-refractivity contribution in [3.8, 4) is 0 Å². The Balaban J connectivity index is 1.39. The van der Waals surface area contributed by atoms with Gasteiger partial charge >= 0.3 is 0 Å². The first-order valence-corrected chi connectivity index (χ1v) is 9.95. The van der Waals surface area contributed by atoms with Crippen molar-refractivity contribution in [1.29, 1.82) is 0 Å². The number of hydrogen-bond donors (Lipinski definition) is 1. The minimum Gasteiger partial charge on any atom is -0.440 e. The van der Waals surface area contributed by atoms with Gasteiger partial charge in [-0.05, 0) is 49.1 Å². The van der Waals surface area contributed by atoms with E-state index in [1.165, 1.54) is 5.56 Å². The molecule has 1 N–H and O–H groups in total. The number of nitrogens with one attached hydrogen (secondary N) is 1. The van der Waals surface area contributed by atoms with Crippen LogP contribution in [0.3, 0.4) is 0 Å². The van der Waals surface area contributed by atoms with E-state index >= 15 is 0 Å². The van der Waals surface area contributed by atoms with E-state index in [0.29, 0.717) is 23.5 Å². The molecule has 0 spiro atoms. The highest BCUT2D eigenvalue weighted by Crippen LogP contribution is 2.19. The third-order valence-electron chi connectivity index (χ3n) is 4.98. The van der Waals surface area contributed by atoms with Crippen LogP contribution in [-0.4, -0.2) is 16.9 Å². The lowest BCUT2D eigenvalue weighted by molar-refractivity contribution is 0.0938. The molecular formula is C25H24N2O2. The first-order valence-electron chi connectivity index (χ1n) is 9.95. The van der Waals surface area contributed by atoms with Gasteiger partial charge in [-0.25, -0.2) is 4.98 Å². The quantitative estimate of drug-likeness (QED) is 0.478. The molecule has 4 nitrogen and oxygen atoms in total. The standard InChI is InChI=1S/C25H24N2O2/c1-18(12-13-19-8-4-2-5-9-19)26-25(28)21-14-15-22-23(17-21)29-24(27-22)16-20-10-6-3-7-11-20/h2-11,14-15,17-18H,12-13,16H2,1H3,(H,26,28)/t18-/m1/s1. The Labute approximate surface area is 170 Å². The van der Waals surface area contributed by atoms with Gasteiger partial charge in [-0.3, -0.25) is 4.79 Å². The predicted molar refractivity (Wildman–Crippen MR) is 115 cm³/mol. The molecule has 0 aliphatic heterocycles. The van der Waals surface area contributed by atoms with Crippen LogP contribution in [0.25, 0.3) is 11.1 Å². The van der Waals surface area contributed by atoms with Gasteiger partial charge < -0.3 is 9.73 Å². The average Bonchev–Trinajstić information content (AvgIpc) is 3.15. The van der Waals surface area contributed by atoms with Gasteiger partial charge in [0.2, 0.25) is 0 Å². The maximum absolute atomic E-state index is 12.6. The van der Waals surface area contributed by atoms with Crippen LogP contribution in [-0.2, 0) is 12.8 Å². The molecule has 29 heavy (non-hydrogen) atoms. The largest absolute Gasteiger partial charge is 0.440 e. The lowest BCUT2D eigenvalue weighted by Gasteiger charge is -2.14. The zero-order valence-electron chi connectivity index (χ0n) is 16.5. The summed E-state index contributed by atoms with van der Waals surface area (Å²) in [6.45, 7) is 2.03. The second-order valence-electron chi connectivity index (χ2n) is 7.35. The van der Waals surface area contributed by atoms with Crippen molar-refractivity contribution in [2.45, 2.75) is 32.2 Å². The van der Waals surface area contributed by atoms with Crippen molar-refractivity contribution >= 4 is 17.0 Å². The van der Waals surface area contributed by atoms with Crippen molar-refractivity contribution in [3.05, 3.63) is 101 Å². The molecule has 0 fully saturated rings. The van der Waals surface area contributed by atoms with Gasteiger partial charge in [-0.2, -0.15) is 0 Å². The Morgan fingerprint density at radius 2 is 1.66 bits per heavy atom. The molecule has 1 amide bonds. The molecular weight excluding hydrogens is 360 g/mol. The van der Waals surface area contributed by atoms with Crippen LogP contribution in [0.15, 0.2) is 83.3 Å². The number of oxazole rings is 1. The highest BCUT2D eigenvalue weighted by molar-refractivity contribution is 5.97. The minimum absolute atomic E-state index is 0.0850. The van der Waals surface area contributed by atoms with E-state index in [0.717, 1.165) is 23.9 Å². The fourth-order valence-corrected chi connectivity index (χ4v) is 3.37. The third kappa shape index (κ3) is 4.91. The number of carbonyl (C=O) groups excluding carboxylic acids is 1. The fourth-order valence-electron chi connectivity index (χ4n) is 3.37. The maximum Gasteiger partial charge on any atom is 0.251 e. The van der Waals surface area contributed by atoms with E-state index in [4.69, 9.17) is 4.42 Å². The number of hydrogen-bond acceptors (Lipinski definition) is 3. The summed E-state index contributed by atoms with van der Waals surface area (Å²) in [4.78, 5) is 17.2. The molecule has 4 heteroatoms. The molecule has 1 heterocycles. The van der Waals surface area contributed by atoms with Gasteiger partial charge in [0.1, 0.15) is 5.52 Å². The van der Waals surface area contributed by atoms with Crippen molar-refractivity contribution < 1.29 is 9.21 Å². The third-order valence-corrected chi connectivity index (χ3v) is 4.98. The summed E-state index contributed by atoms with van der Waals surface area (Å²) >= 11 is 0. The summed E-state index contributed by atoms with van der Waals surface area (Å²) in [7, 11) is 0. The summed E-state index contributed by atoms with van der Waals surface area (Å²) in [6.07, 6.45) is 2.46. The summed E-state index contributed by atoms with van der Waals surface area (Å²) < 4.78 is 5.88. The van der Waals surface area contributed by atoms with Crippen LogP contribution in [0.2, 0.25) is 0 Å². The van der Waals surface area contributed by atoms with Crippen molar-refractivity contribution in [1.82, 2.24) is 10.3 Å². The Hall–Kier alpha value is -3.40. The monoisotopic (exact) mass is 384 g/mol.